The van der Waals surface area contributed by atoms with Gasteiger partial charge in [-0.1, -0.05) is 0 Å². The van der Waals surface area contributed by atoms with Crippen LogP contribution < -0.4 is 20.9 Å². The average molecular weight is 648 g/mol. The number of hydrogen-bond acceptors (Lipinski definition) is 10. The molecule has 1 atom stereocenters. The summed E-state index contributed by atoms with van der Waals surface area (Å²) >= 11 is 0. The van der Waals surface area contributed by atoms with E-state index in [2.05, 4.69) is 25.8 Å². The van der Waals surface area contributed by atoms with Crippen molar-refractivity contribution in [1.29, 1.82) is 5.41 Å². The fourth-order valence-corrected chi connectivity index (χ4v) is 6.44. The maximum absolute atomic E-state index is 13.4. The Morgan fingerprint density at radius 3 is 2.43 bits per heavy atom. The number of nitrogens with zero attached hydrogens (tertiary/aromatic N) is 3. The highest BCUT2D eigenvalue weighted by Gasteiger charge is 2.27. The number of carbonyl (C=O) groups is 4. The molecule has 2 fully saturated rings. The highest BCUT2D eigenvalue weighted by atomic mass is 16.5. The van der Waals surface area contributed by atoms with E-state index in [1.807, 2.05) is 25.4 Å². The lowest BCUT2D eigenvalue weighted by molar-refractivity contribution is -0.121. The van der Waals surface area contributed by atoms with Crippen molar-refractivity contribution in [3.8, 4) is 0 Å². The van der Waals surface area contributed by atoms with Crippen molar-refractivity contribution < 1.29 is 23.9 Å². The molecule has 12 nitrogen and oxygen atoms in total. The van der Waals surface area contributed by atoms with Crippen LogP contribution in [0.15, 0.2) is 53.6 Å². The molecule has 4 rings (SSSR count). The molecule has 3 aliphatic rings. The molecule has 2 amide bonds. The lowest BCUT2D eigenvalue weighted by atomic mass is 9.94. The summed E-state index contributed by atoms with van der Waals surface area (Å²) in [6.45, 7) is 4.84. The van der Waals surface area contributed by atoms with Gasteiger partial charge in [-0.3, -0.25) is 14.4 Å². The minimum absolute atomic E-state index is 0.122. The Morgan fingerprint density at radius 2 is 1.81 bits per heavy atom. The predicted molar refractivity (Wildman–Crippen MR) is 183 cm³/mol. The van der Waals surface area contributed by atoms with Gasteiger partial charge in [0.05, 0.1) is 30.1 Å². The van der Waals surface area contributed by atoms with E-state index in [4.69, 9.17) is 10.1 Å². The number of likely N-dealkylation sites (N-methyl/N-ethyl adjacent to an activating group) is 2. The standard InChI is InChI=1S/C35H49N7O5/c1-37-32-17-26(31(36)19-33(32)47-4)20-39-27-11-13-41(14-12-27)21-24-9-15-42(16-10-24)28-6-5-25(22-43)30(18-28)35(46)40(3)29(23-44)7-8-34(45)38-2/h5-6,17-20,22-24,27,29,36-37,39H,7-16,21H2,1-4H3,(H,38,45)/b26-20-,36-31?. The van der Waals surface area contributed by atoms with Gasteiger partial charge in [0, 0.05) is 95.4 Å². The Balaban J connectivity index is 1.26. The molecule has 1 aromatic rings. The molecule has 12 heteroatoms. The molecule has 1 unspecified atom stereocenters. The van der Waals surface area contributed by atoms with Crippen molar-refractivity contribution in [2.45, 2.75) is 50.6 Å². The number of aldehydes is 2. The van der Waals surface area contributed by atoms with Crippen LogP contribution in [0.1, 0.15) is 59.2 Å². The van der Waals surface area contributed by atoms with Crippen LogP contribution in [0.3, 0.4) is 0 Å². The third kappa shape index (κ3) is 9.09. The molecule has 2 heterocycles. The van der Waals surface area contributed by atoms with Gasteiger partial charge in [0.15, 0.2) is 6.29 Å². The van der Waals surface area contributed by atoms with Crippen molar-refractivity contribution in [2.24, 2.45) is 5.92 Å². The maximum Gasteiger partial charge on any atom is 0.255 e. The molecule has 0 spiro atoms. The molecule has 1 aliphatic carbocycles. The summed E-state index contributed by atoms with van der Waals surface area (Å²) in [6, 6.07) is 4.91. The zero-order valence-corrected chi connectivity index (χ0v) is 28.0. The Kier molecular flexibility index (Phi) is 12.7. The van der Waals surface area contributed by atoms with Crippen LogP contribution in [0.4, 0.5) is 5.69 Å². The van der Waals surface area contributed by atoms with E-state index in [0.29, 0.717) is 36.0 Å². The van der Waals surface area contributed by atoms with E-state index >= 15 is 0 Å². The van der Waals surface area contributed by atoms with Gasteiger partial charge in [-0.25, -0.2) is 0 Å². The molecule has 254 valence electrons. The minimum atomic E-state index is -0.770. The number of anilines is 1. The van der Waals surface area contributed by atoms with Gasteiger partial charge in [-0.2, -0.15) is 0 Å². The van der Waals surface area contributed by atoms with Crippen molar-refractivity contribution >= 4 is 35.8 Å². The van der Waals surface area contributed by atoms with Gasteiger partial charge < -0.3 is 45.6 Å². The van der Waals surface area contributed by atoms with E-state index in [1.165, 1.54) is 19.0 Å². The third-order valence-electron chi connectivity index (χ3n) is 9.51. The number of allylic oxidation sites excluding steroid dienone is 3. The number of hydrogen-bond donors (Lipinski definition) is 4. The first-order chi connectivity index (χ1) is 22.7. The van der Waals surface area contributed by atoms with E-state index in [9.17, 15) is 19.2 Å². The van der Waals surface area contributed by atoms with Crippen LogP contribution in [-0.4, -0.2) is 113 Å². The third-order valence-corrected chi connectivity index (χ3v) is 9.51. The molecular weight excluding hydrogens is 598 g/mol. The van der Waals surface area contributed by atoms with Crippen molar-refractivity contribution in [2.75, 3.05) is 65.9 Å². The van der Waals surface area contributed by atoms with Crippen molar-refractivity contribution in [3.05, 3.63) is 64.7 Å². The molecule has 0 saturated carbocycles. The molecule has 0 aromatic heterocycles. The monoisotopic (exact) mass is 647 g/mol. The highest BCUT2D eigenvalue weighted by molar-refractivity contribution is 6.10. The number of likely N-dealkylation sites (tertiary alicyclic amines) is 1. The van der Waals surface area contributed by atoms with E-state index in [-0.39, 0.29) is 29.9 Å². The highest BCUT2D eigenvalue weighted by Crippen LogP contribution is 2.28. The van der Waals surface area contributed by atoms with Crippen LogP contribution in [0, 0.1) is 11.3 Å². The number of carbonyl (C=O) groups excluding carboxylic acids is 4. The maximum atomic E-state index is 13.4. The van der Waals surface area contributed by atoms with Gasteiger partial charge in [0.2, 0.25) is 5.91 Å². The lowest BCUT2D eigenvalue weighted by Gasteiger charge is -2.38. The number of amides is 2. The van der Waals surface area contributed by atoms with Gasteiger partial charge in [0.25, 0.3) is 5.91 Å². The molecule has 0 radical (unpaired) electrons. The Hall–Kier alpha value is -4.45. The normalized spacial score (nSPS) is 19.4. The number of nitrogens with one attached hydrogen (secondary N) is 4. The lowest BCUT2D eigenvalue weighted by Crippen LogP contribution is -2.45. The molecule has 0 bridgehead atoms. The molecule has 47 heavy (non-hydrogen) atoms. The fraction of sp³-hybridized carbons (Fsp3) is 0.514. The number of methoxy groups -OCH3 is 1. The summed E-state index contributed by atoms with van der Waals surface area (Å²) in [6.07, 6.45) is 11.4. The topological polar surface area (TPSA) is 147 Å². The summed E-state index contributed by atoms with van der Waals surface area (Å²) in [4.78, 5) is 54.8. The summed E-state index contributed by atoms with van der Waals surface area (Å²) in [5, 5.41) is 17.5. The second kappa shape index (κ2) is 16.9. The SMILES string of the molecule is CNC(=O)CCC(C=O)N(C)C(=O)c1cc(N2CCC(CN3CCC(N/C=C4/C=C(NC)C(OC)=CC4=N)CC3)CC2)ccc1C=O. The van der Waals surface area contributed by atoms with E-state index in [0.717, 1.165) is 75.4 Å². The summed E-state index contributed by atoms with van der Waals surface area (Å²) in [5.41, 5.74) is 3.53. The first kappa shape index (κ1) is 35.4. The molecule has 4 N–H and O–H groups in total. The van der Waals surface area contributed by atoms with Crippen molar-refractivity contribution in [1.82, 2.24) is 25.8 Å². The summed E-state index contributed by atoms with van der Waals surface area (Å²) < 4.78 is 5.35. The fourth-order valence-electron chi connectivity index (χ4n) is 6.44. The van der Waals surface area contributed by atoms with Crippen molar-refractivity contribution in [3.63, 3.8) is 0 Å². The van der Waals surface area contributed by atoms with E-state index in [1.54, 1.807) is 25.3 Å². The molecule has 2 aliphatic heterocycles. The van der Waals surface area contributed by atoms with Crippen LogP contribution in [-0.2, 0) is 14.3 Å². The zero-order valence-electron chi connectivity index (χ0n) is 28.0. The Bertz CT molecular complexity index is 1400. The summed E-state index contributed by atoms with van der Waals surface area (Å²) in [5.74, 6) is 0.626. The Labute approximate surface area is 277 Å². The number of ether oxygens (including phenoxy) is 1. The van der Waals surface area contributed by atoms with Crippen LogP contribution >= 0.6 is 0 Å². The second-order valence-corrected chi connectivity index (χ2v) is 12.4. The van der Waals surface area contributed by atoms with Gasteiger partial charge in [0.1, 0.15) is 12.0 Å². The zero-order chi connectivity index (χ0) is 33.9. The van der Waals surface area contributed by atoms with Gasteiger partial charge in [-0.15, -0.1) is 0 Å². The van der Waals surface area contributed by atoms with Crippen LogP contribution in [0.25, 0.3) is 0 Å². The summed E-state index contributed by atoms with van der Waals surface area (Å²) in [7, 11) is 6.51. The number of piperidine rings is 2. The second-order valence-electron chi connectivity index (χ2n) is 12.4. The first-order valence-corrected chi connectivity index (χ1v) is 16.4. The minimum Gasteiger partial charge on any atom is -0.495 e. The molecule has 1 aromatic carbocycles. The number of rotatable bonds is 14. The molecular formula is C35H49N7O5. The number of benzene rings is 1. The van der Waals surface area contributed by atoms with Crippen LogP contribution in [0.5, 0.6) is 0 Å². The largest absolute Gasteiger partial charge is 0.495 e. The van der Waals surface area contributed by atoms with Crippen LogP contribution in [0.2, 0.25) is 0 Å². The van der Waals surface area contributed by atoms with Gasteiger partial charge in [-0.05, 0) is 62.3 Å². The first-order valence-electron chi connectivity index (χ1n) is 16.4. The average Bonchev–Trinajstić information content (AvgIpc) is 3.11. The Morgan fingerprint density at radius 1 is 1.09 bits per heavy atom. The quantitative estimate of drug-likeness (QED) is 0.224. The molecule has 2 saturated heterocycles. The predicted octanol–water partition coefficient (Wildman–Crippen LogP) is 2.49. The smallest absolute Gasteiger partial charge is 0.255 e. The van der Waals surface area contributed by atoms with Gasteiger partial charge >= 0.3 is 0 Å². The van der Waals surface area contributed by atoms with E-state index < -0.39 is 11.9 Å².